The molecule has 110 valence electrons. The summed E-state index contributed by atoms with van der Waals surface area (Å²) in [7, 11) is 0. The fourth-order valence-electron chi connectivity index (χ4n) is 2.51. The van der Waals surface area contributed by atoms with E-state index in [0.29, 0.717) is 15.3 Å². The van der Waals surface area contributed by atoms with E-state index in [0.717, 1.165) is 23.4 Å². The van der Waals surface area contributed by atoms with Crippen LogP contribution in [0.15, 0.2) is 16.6 Å². The van der Waals surface area contributed by atoms with Crippen molar-refractivity contribution in [3.8, 4) is 0 Å². The lowest BCUT2D eigenvalue weighted by Gasteiger charge is -2.15. The third-order valence-corrected chi connectivity index (χ3v) is 4.51. The van der Waals surface area contributed by atoms with E-state index in [1.54, 1.807) is 6.07 Å². The molecule has 1 N–H and O–H groups in total. The van der Waals surface area contributed by atoms with Crippen molar-refractivity contribution < 1.29 is 4.39 Å². The lowest BCUT2D eigenvalue weighted by Crippen LogP contribution is -2.05. The van der Waals surface area contributed by atoms with Crippen molar-refractivity contribution in [2.45, 2.75) is 46.1 Å². The van der Waals surface area contributed by atoms with Gasteiger partial charge in [0.1, 0.15) is 5.82 Å². The van der Waals surface area contributed by atoms with Gasteiger partial charge in [-0.1, -0.05) is 26.7 Å². The molecule has 0 saturated carbocycles. The molecule has 0 bridgehead atoms. The Morgan fingerprint density at radius 1 is 1.30 bits per heavy atom. The molecule has 0 aliphatic carbocycles. The van der Waals surface area contributed by atoms with Gasteiger partial charge in [0.05, 0.1) is 15.5 Å². The van der Waals surface area contributed by atoms with Gasteiger partial charge in [0.15, 0.2) is 4.77 Å². The number of nitrogens with zero attached hydrogens (tertiary/aromatic N) is 1. The SMILES string of the molecule is CC(C)CCCC(C)n1c(=S)[nH]c2cc(F)c(Br)cc21. The van der Waals surface area contributed by atoms with Crippen molar-refractivity contribution in [2.75, 3.05) is 0 Å². The van der Waals surface area contributed by atoms with E-state index in [9.17, 15) is 4.39 Å². The van der Waals surface area contributed by atoms with Crippen LogP contribution >= 0.6 is 28.1 Å². The molecule has 0 amide bonds. The summed E-state index contributed by atoms with van der Waals surface area (Å²) in [5.74, 6) is 0.453. The first kappa shape index (κ1) is 15.7. The van der Waals surface area contributed by atoms with Gasteiger partial charge >= 0.3 is 0 Å². The van der Waals surface area contributed by atoms with E-state index in [1.165, 1.54) is 18.9 Å². The number of imidazole rings is 1. The monoisotopic (exact) mass is 358 g/mol. The van der Waals surface area contributed by atoms with Crippen molar-refractivity contribution in [1.82, 2.24) is 9.55 Å². The topological polar surface area (TPSA) is 20.7 Å². The quantitative estimate of drug-likeness (QED) is 0.651. The highest BCUT2D eigenvalue weighted by molar-refractivity contribution is 9.10. The fraction of sp³-hybridized carbons (Fsp3) is 0.533. The normalized spacial score (nSPS) is 13.3. The number of hydrogen-bond donors (Lipinski definition) is 1. The van der Waals surface area contributed by atoms with Crippen LogP contribution in [0.3, 0.4) is 0 Å². The maximum Gasteiger partial charge on any atom is 0.178 e. The zero-order chi connectivity index (χ0) is 14.9. The van der Waals surface area contributed by atoms with E-state index >= 15 is 0 Å². The molecule has 1 unspecified atom stereocenters. The molecule has 1 heterocycles. The van der Waals surface area contributed by atoms with Crippen molar-refractivity contribution in [1.29, 1.82) is 0 Å². The van der Waals surface area contributed by atoms with E-state index in [-0.39, 0.29) is 5.82 Å². The van der Waals surface area contributed by atoms with Crippen LogP contribution in [0.4, 0.5) is 4.39 Å². The molecule has 0 saturated heterocycles. The third-order valence-electron chi connectivity index (χ3n) is 3.60. The number of aromatic amines is 1. The van der Waals surface area contributed by atoms with Gasteiger partial charge in [-0.05, 0) is 53.5 Å². The molecule has 1 atom stereocenters. The average molecular weight is 359 g/mol. The number of hydrogen-bond acceptors (Lipinski definition) is 1. The number of H-pyrrole nitrogens is 1. The summed E-state index contributed by atoms with van der Waals surface area (Å²) >= 11 is 8.63. The zero-order valence-electron chi connectivity index (χ0n) is 12.0. The lowest BCUT2D eigenvalue weighted by molar-refractivity contribution is 0.451. The molecule has 2 rings (SSSR count). The first-order valence-corrected chi connectivity index (χ1v) is 8.19. The summed E-state index contributed by atoms with van der Waals surface area (Å²) in [6, 6.07) is 3.61. The highest BCUT2D eigenvalue weighted by Gasteiger charge is 2.13. The van der Waals surface area contributed by atoms with Crippen LogP contribution in [-0.4, -0.2) is 9.55 Å². The molecule has 2 nitrogen and oxygen atoms in total. The highest BCUT2D eigenvalue weighted by Crippen LogP contribution is 2.27. The van der Waals surface area contributed by atoms with E-state index in [2.05, 4.69) is 46.3 Å². The van der Waals surface area contributed by atoms with Gasteiger partial charge in [0.25, 0.3) is 0 Å². The summed E-state index contributed by atoms with van der Waals surface area (Å²) in [5.41, 5.74) is 1.71. The second-order valence-corrected chi connectivity index (χ2v) is 7.00. The number of aromatic nitrogens is 2. The number of benzene rings is 1. The van der Waals surface area contributed by atoms with Crippen LogP contribution in [-0.2, 0) is 0 Å². The van der Waals surface area contributed by atoms with Gasteiger partial charge < -0.3 is 9.55 Å². The van der Waals surface area contributed by atoms with E-state index in [1.807, 2.05) is 0 Å². The van der Waals surface area contributed by atoms with Crippen LogP contribution in [0.1, 0.15) is 46.1 Å². The van der Waals surface area contributed by atoms with Gasteiger partial charge in [0, 0.05) is 12.1 Å². The first-order chi connectivity index (χ1) is 9.40. The van der Waals surface area contributed by atoms with Crippen LogP contribution in [0.5, 0.6) is 0 Å². The van der Waals surface area contributed by atoms with Crippen molar-refractivity contribution >= 4 is 39.2 Å². The number of rotatable bonds is 5. The second kappa shape index (κ2) is 6.39. The average Bonchev–Trinajstić information content (AvgIpc) is 2.64. The first-order valence-electron chi connectivity index (χ1n) is 6.99. The smallest absolute Gasteiger partial charge is 0.178 e. The van der Waals surface area contributed by atoms with Gasteiger partial charge in [-0.25, -0.2) is 4.39 Å². The summed E-state index contributed by atoms with van der Waals surface area (Å²) in [5, 5.41) is 0. The van der Waals surface area contributed by atoms with Gasteiger partial charge in [-0.15, -0.1) is 0 Å². The number of fused-ring (bicyclic) bond motifs is 1. The van der Waals surface area contributed by atoms with Crippen LogP contribution in [0.2, 0.25) is 0 Å². The van der Waals surface area contributed by atoms with Crippen LogP contribution in [0, 0.1) is 16.5 Å². The maximum absolute atomic E-state index is 13.6. The Labute approximate surface area is 132 Å². The lowest BCUT2D eigenvalue weighted by atomic mass is 10.0. The Morgan fingerprint density at radius 3 is 2.65 bits per heavy atom. The minimum absolute atomic E-state index is 0.270. The predicted octanol–water partition coefficient (Wildman–Crippen LogP) is 5.99. The molecule has 1 aromatic heterocycles. The summed E-state index contributed by atoms with van der Waals surface area (Å²) in [6.07, 6.45) is 3.47. The van der Waals surface area contributed by atoms with Gasteiger partial charge in [-0.2, -0.15) is 0 Å². The Hall–Kier alpha value is -0.680. The Bertz CT molecular complexity index is 660. The van der Waals surface area contributed by atoms with Gasteiger partial charge in [-0.3, -0.25) is 0 Å². The van der Waals surface area contributed by atoms with Crippen LogP contribution in [0.25, 0.3) is 11.0 Å². The molecule has 1 aromatic carbocycles. The summed E-state index contributed by atoms with van der Waals surface area (Å²) < 4.78 is 16.8. The number of halogens is 2. The Kier molecular flexibility index (Phi) is 5.02. The number of nitrogens with one attached hydrogen (secondary N) is 1. The molecule has 2 aromatic rings. The van der Waals surface area contributed by atoms with E-state index < -0.39 is 0 Å². The third kappa shape index (κ3) is 3.31. The van der Waals surface area contributed by atoms with Crippen LogP contribution < -0.4 is 0 Å². The minimum atomic E-state index is -0.270. The van der Waals surface area contributed by atoms with E-state index in [4.69, 9.17) is 12.2 Å². The standard InChI is InChI=1S/C15H20BrFN2S/c1-9(2)5-4-6-10(3)19-14-7-11(16)12(17)8-13(14)18-15(19)20/h7-10H,4-6H2,1-3H3,(H,18,20). The van der Waals surface area contributed by atoms with Gasteiger partial charge in [0.2, 0.25) is 0 Å². The maximum atomic E-state index is 13.6. The highest BCUT2D eigenvalue weighted by atomic mass is 79.9. The van der Waals surface area contributed by atoms with Crippen molar-refractivity contribution in [3.63, 3.8) is 0 Å². The predicted molar refractivity (Wildman–Crippen MR) is 88.2 cm³/mol. The Morgan fingerprint density at radius 2 is 2.00 bits per heavy atom. The molecule has 0 aliphatic rings. The zero-order valence-corrected chi connectivity index (χ0v) is 14.4. The van der Waals surface area contributed by atoms with Crippen molar-refractivity contribution in [3.05, 3.63) is 27.2 Å². The molecule has 0 aliphatic heterocycles. The molecule has 20 heavy (non-hydrogen) atoms. The molecule has 0 radical (unpaired) electrons. The molecule has 5 heteroatoms. The largest absolute Gasteiger partial charge is 0.330 e. The molecular weight excluding hydrogens is 339 g/mol. The molecular formula is C15H20BrFN2S. The molecule has 0 fully saturated rings. The molecule has 0 spiro atoms. The Balaban J connectivity index is 2.31. The fourth-order valence-corrected chi connectivity index (χ4v) is 3.23. The summed E-state index contributed by atoms with van der Waals surface area (Å²) in [4.78, 5) is 3.09. The second-order valence-electron chi connectivity index (χ2n) is 5.76. The summed E-state index contributed by atoms with van der Waals surface area (Å²) in [6.45, 7) is 6.64. The minimum Gasteiger partial charge on any atom is -0.330 e. The van der Waals surface area contributed by atoms with Crippen molar-refractivity contribution in [2.24, 2.45) is 5.92 Å².